The SMILES string of the molecule is O=C(Cn1cnc2sccc2c1=O)N1CC2CC(C1)c1cccc(=O)n1C2. The van der Waals surface area contributed by atoms with E-state index in [1.807, 2.05) is 20.9 Å². The molecule has 1 fully saturated rings. The molecular weight excluding hydrogens is 364 g/mol. The van der Waals surface area contributed by atoms with Crippen LogP contribution in [0.3, 0.4) is 0 Å². The summed E-state index contributed by atoms with van der Waals surface area (Å²) >= 11 is 1.42. The molecule has 2 bridgehead atoms. The van der Waals surface area contributed by atoms with E-state index in [4.69, 9.17) is 0 Å². The Balaban J connectivity index is 1.39. The highest BCUT2D eigenvalue weighted by Gasteiger charge is 2.36. The number of rotatable bonds is 2. The molecule has 2 unspecified atom stereocenters. The summed E-state index contributed by atoms with van der Waals surface area (Å²) < 4.78 is 3.24. The van der Waals surface area contributed by atoms with Gasteiger partial charge in [-0.15, -0.1) is 11.3 Å². The molecule has 5 rings (SSSR count). The summed E-state index contributed by atoms with van der Waals surface area (Å²) in [5, 5.41) is 2.38. The van der Waals surface area contributed by atoms with Crippen molar-refractivity contribution in [2.75, 3.05) is 13.1 Å². The summed E-state index contributed by atoms with van der Waals surface area (Å²) in [6.07, 6.45) is 2.45. The van der Waals surface area contributed by atoms with Gasteiger partial charge >= 0.3 is 0 Å². The highest BCUT2D eigenvalue weighted by Crippen LogP contribution is 2.34. The first-order valence-corrected chi connectivity index (χ1v) is 9.88. The van der Waals surface area contributed by atoms with Crippen LogP contribution in [0.25, 0.3) is 10.2 Å². The maximum Gasteiger partial charge on any atom is 0.262 e. The molecular formula is C19H18N4O3S. The Morgan fingerprint density at radius 1 is 1.19 bits per heavy atom. The number of nitrogens with zero attached hydrogens (tertiary/aromatic N) is 4. The molecule has 3 aromatic rings. The van der Waals surface area contributed by atoms with Crippen LogP contribution in [0, 0.1) is 5.92 Å². The van der Waals surface area contributed by atoms with Gasteiger partial charge in [0, 0.05) is 37.3 Å². The molecule has 0 saturated carbocycles. The third-order valence-electron chi connectivity index (χ3n) is 5.59. The first-order chi connectivity index (χ1) is 13.1. The average molecular weight is 382 g/mol. The minimum atomic E-state index is -0.177. The van der Waals surface area contributed by atoms with E-state index in [-0.39, 0.29) is 35.4 Å². The maximum atomic E-state index is 12.9. The van der Waals surface area contributed by atoms with E-state index in [0.717, 1.165) is 12.1 Å². The van der Waals surface area contributed by atoms with Crippen molar-refractivity contribution in [1.29, 1.82) is 0 Å². The largest absolute Gasteiger partial charge is 0.340 e. The van der Waals surface area contributed by atoms with Crippen molar-refractivity contribution in [3.63, 3.8) is 0 Å². The molecule has 2 atom stereocenters. The summed E-state index contributed by atoms with van der Waals surface area (Å²) in [6.45, 7) is 1.86. The number of fused-ring (bicyclic) bond motifs is 5. The normalized spacial score (nSPS) is 21.3. The highest BCUT2D eigenvalue weighted by molar-refractivity contribution is 7.16. The molecule has 5 heterocycles. The second-order valence-corrected chi connectivity index (χ2v) is 8.21. The number of hydrogen-bond acceptors (Lipinski definition) is 5. The topological polar surface area (TPSA) is 77.2 Å². The van der Waals surface area contributed by atoms with Gasteiger partial charge in [-0.1, -0.05) is 6.07 Å². The predicted molar refractivity (Wildman–Crippen MR) is 102 cm³/mol. The van der Waals surface area contributed by atoms with Crippen molar-refractivity contribution in [2.45, 2.75) is 25.4 Å². The quantitative estimate of drug-likeness (QED) is 0.669. The molecule has 0 radical (unpaired) electrons. The lowest BCUT2D eigenvalue weighted by molar-refractivity contribution is -0.134. The molecule has 0 aliphatic carbocycles. The van der Waals surface area contributed by atoms with E-state index in [1.165, 1.54) is 22.2 Å². The highest BCUT2D eigenvalue weighted by atomic mass is 32.1. The van der Waals surface area contributed by atoms with E-state index in [1.54, 1.807) is 18.2 Å². The van der Waals surface area contributed by atoms with Crippen molar-refractivity contribution in [1.82, 2.24) is 19.0 Å². The predicted octanol–water partition coefficient (Wildman–Crippen LogP) is 1.27. The van der Waals surface area contributed by atoms with Crippen molar-refractivity contribution < 1.29 is 4.79 Å². The molecule has 1 saturated heterocycles. The minimum Gasteiger partial charge on any atom is -0.340 e. The van der Waals surface area contributed by atoms with Gasteiger partial charge in [-0.3, -0.25) is 19.0 Å². The van der Waals surface area contributed by atoms with Crippen LogP contribution in [-0.2, 0) is 17.9 Å². The number of carbonyl (C=O) groups excluding carboxylic acids is 1. The molecule has 2 aliphatic rings. The molecule has 0 aromatic carbocycles. The Morgan fingerprint density at radius 2 is 2.07 bits per heavy atom. The minimum absolute atomic E-state index is 0.00133. The number of hydrogen-bond donors (Lipinski definition) is 0. The molecule has 3 aromatic heterocycles. The fraction of sp³-hybridized carbons (Fsp3) is 0.368. The molecule has 7 nitrogen and oxygen atoms in total. The number of amides is 1. The first-order valence-electron chi connectivity index (χ1n) is 9.00. The summed E-state index contributed by atoms with van der Waals surface area (Å²) in [4.78, 5) is 44.3. The fourth-order valence-corrected chi connectivity index (χ4v) is 5.08. The van der Waals surface area contributed by atoms with Gasteiger partial charge in [-0.05, 0) is 29.9 Å². The third kappa shape index (κ3) is 2.71. The smallest absolute Gasteiger partial charge is 0.262 e. The monoisotopic (exact) mass is 382 g/mol. The zero-order chi connectivity index (χ0) is 18.5. The summed E-state index contributed by atoms with van der Waals surface area (Å²) in [7, 11) is 0. The first kappa shape index (κ1) is 16.4. The molecule has 0 N–H and O–H groups in total. The van der Waals surface area contributed by atoms with Crippen molar-refractivity contribution in [2.24, 2.45) is 5.92 Å². The molecule has 1 amide bonds. The van der Waals surface area contributed by atoms with Gasteiger partial charge in [0.1, 0.15) is 11.4 Å². The van der Waals surface area contributed by atoms with Gasteiger partial charge in [0.25, 0.3) is 11.1 Å². The van der Waals surface area contributed by atoms with Crippen LogP contribution in [0.1, 0.15) is 18.0 Å². The molecule has 27 heavy (non-hydrogen) atoms. The number of thiophene rings is 1. The third-order valence-corrected chi connectivity index (χ3v) is 6.41. The summed E-state index contributed by atoms with van der Waals surface area (Å²) in [5.74, 6) is 0.369. The number of pyridine rings is 1. The van der Waals surface area contributed by atoms with Crippen LogP contribution in [0.5, 0.6) is 0 Å². The number of likely N-dealkylation sites (tertiary alicyclic amines) is 1. The van der Waals surface area contributed by atoms with Crippen molar-refractivity contribution in [3.8, 4) is 0 Å². The number of piperidine rings is 1. The van der Waals surface area contributed by atoms with Crippen LogP contribution >= 0.6 is 11.3 Å². The second kappa shape index (κ2) is 6.16. The maximum absolute atomic E-state index is 12.9. The van der Waals surface area contributed by atoms with Crippen LogP contribution in [0.4, 0.5) is 0 Å². The average Bonchev–Trinajstić information content (AvgIpc) is 3.14. The van der Waals surface area contributed by atoms with E-state index in [9.17, 15) is 14.4 Å². The summed E-state index contributed by atoms with van der Waals surface area (Å²) in [6, 6.07) is 7.11. The van der Waals surface area contributed by atoms with Crippen LogP contribution in [0.15, 0.2) is 45.6 Å². The van der Waals surface area contributed by atoms with Gasteiger partial charge in [0.15, 0.2) is 0 Å². The number of carbonyl (C=O) groups is 1. The molecule has 8 heteroatoms. The zero-order valence-electron chi connectivity index (χ0n) is 14.6. The lowest BCUT2D eigenvalue weighted by Gasteiger charge is -2.42. The second-order valence-electron chi connectivity index (χ2n) is 7.31. The summed E-state index contributed by atoms with van der Waals surface area (Å²) in [5.41, 5.74) is 0.863. The zero-order valence-corrected chi connectivity index (χ0v) is 15.4. The fourth-order valence-electron chi connectivity index (χ4n) is 4.35. The van der Waals surface area contributed by atoms with Crippen molar-refractivity contribution >= 4 is 27.5 Å². The van der Waals surface area contributed by atoms with Crippen LogP contribution in [-0.4, -0.2) is 38.0 Å². The van der Waals surface area contributed by atoms with Crippen LogP contribution in [0.2, 0.25) is 0 Å². The lowest BCUT2D eigenvalue weighted by atomic mass is 9.83. The number of aromatic nitrogens is 3. The van der Waals surface area contributed by atoms with Gasteiger partial charge in [0.2, 0.25) is 5.91 Å². The van der Waals surface area contributed by atoms with Gasteiger partial charge in [-0.2, -0.15) is 0 Å². The van der Waals surface area contributed by atoms with Gasteiger partial charge in [0.05, 0.1) is 11.7 Å². The Morgan fingerprint density at radius 3 is 2.96 bits per heavy atom. The molecule has 138 valence electrons. The lowest BCUT2D eigenvalue weighted by Crippen LogP contribution is -2.50. The van der Waals surface area contributed by atoms with Gasteiger partial charge < -0.3 is 9.47 Å². The Kier molecular flexibility index (Phi) is 3.75. The Hall–Kier alpha value is -2.74. The van der Waals surface area contributed by atoms with E-state index in [0.29, 0.717) is 29.9 Å². The van der Waals surface area contributed by atoms with E-state index < -0.39 is 0 Å². The van der Waals surface area contributed by atoms with Crippen LogP contribution < -0.4 is 11.1 Å². The Bertz CT molecular complexity index is 1160. The van der Waals surface area contributed by atoms with Gasteiger partial charge in [-0.25, -0.2) is 4.98 Å². The molecule has 0 spiro atoms. The van der Waals surface area contributed by atoms with E-state index >= 15 is 0 Å². The standard InChI is InChI=1S/C19H18N4O3S/c24-16-3-1-2-15-13-6-12(8-23(15)16)7-21(9-13)17(25)10-22-11-20-18-14(19(22)26)4-5-27-18/h1-5,11-13H,6-10H2. The van der Waals surface area contributed by atoms with Crippen molar-refractivity contribution in [3.05, 3.63) is 62.4 Å². The molecule has 2 aliphatic heterocycles. The van der Waals surface area contributed by atoms with E-state index in [2.05, 4.69) is 4.98 Å². The Labute approximate surface area is 158 Å².